The molecule has 10 nitrogen and oxygen atoms in total. The van der Waals surface area contributed by atoms with Gasteiger partial charge in [0, 0.05) is 12.8 Å². The molecule has 0 radical (unpaired) electrons. The highest BCUT2D eigenvalue weighted by Crippen LogP contribution is 2.22. The van der Waals surface area contributed by atoms with Gasteiger partial charge in [-0.15, -0.1) is 0 Å². The molecule has 6 atom stereocenters. The van der Waals surface area contributed by atoms with Crippen LogP contribution in [0.5, 0.6) is 0 Å². The number of rotatable bonds is 37. The fourth-order valence-corrected chi connectivity index (χ4v) is 6.36. The van der Waals surface area contributed by atoms with Crippen LogP contribution in [0.3, 0.4) is 0 Å². The van der Waals surface area contributed by atoms with Crippen LogP contribution < -0.4 is 0 Å². The number of hydrogen-bond donors (Lipinski definition) is 4. The normalized spacial score (nSPS) is 20.7. The van der Waals surface area contributed by atoms with Crippen LogP contribution >= 0.6 is 0 Å². The Labute approximate surface area is 363 Å². The van der Waals surface area contributed by atoms with Gasteiger partial charge in [0.15, 0.2) is 12.4 Å². The van der Waals surface area contributed by atoms with Gasteiger partial charge in [0.1, 0.15) is 31.0 Å². The molecule has 1 aliphatic rings. The van der Waals surface area contributed by atoms with Crippen LogP contribution in [-0.4, -0.2) is 89.0 Å². The summed E-state index contributed by atoms with van der Waals surface area (Å²) in [6, 6.07) is 0. The monoisotopic (exact) mass is 843 g/mol. The van der Waals surface area contributed by atoms with Crippen molar-refractivity contribution in [2.45, 2.75) is 198 Å². The lowest BCUT2D eigenvalue weighted by Gasteiger charge is -2.39. The van der Waals surface area contributed by atoms with E-state index in [0.29, 0.717) is 12.8 Å². The minimum absolute atomic E-state index is 0.183. The minimum Gasteiger partial charge on any atom is -0.462 e. The number of carbonyl (C=O) groups excluding carboxylic acids is 2. The third-order valence-electron chi connectivity index (χ3n) is 10.0. The summed E-state index contributed by atoms with van der Waals surface area (Å²) in [5.74, 6) is -0.868. The van der Waals surface area contributed by atoms with Gasteiger partial charge >= 0.3 is 11.9 Å². The predicted octanol–water partition coefficient (Wildman–Crippen LogP) is 10.2. The molecule has 10 heteroatoms. The maximum Gasteiger partial charge on any atom is 0.306 e. The van der Waals surface area contributed by atoms with Crippen molar-refractivity contribution in [2.75, 3.05) is 19.8 Å². The van der Waals surface area contributed by atoms with E-state index in [0.717, 1.165) is 89.9 Å². The average molecular weight is 843 g/mol. The Morgan fingerprint density at radius 1 is 0.533 bits per heavy atom. The Bertz CT molecular complexity index is 1250. The smallest absolute Gasteiger partial charge is 0.306 e. The van der Waals surface area contributed by atoms with E-state index in [2.05, 4.69) is 98.9 Å². The molecule has 0 amide bonds. The Balaban J connectivity index is 2.37. The van der Waals surface area contributed by atoms with Crippen molar-refractivity contribution >= 4 is 11.9 Å². The number of carbonyl (C=O) groups is 2. The quantitative estimate of drug-likeness (QED) is 0.0270. The van der Waals surface area contributed by atoms with Crippen LogP contribution in [-0.2, 0) is 28.5 Å². The van der Waals surface area contributed by atoms with E-state index in [-0.39, 0.29) is 26.1 Å². The number of allylic oxidation sites excluding steroid dienone is 14. The van der Waals surface area contributed by atoms with Crippen molar-refractivity contribution in [1.29, 1.82) is 0 Å². The molecule has 0 bridgehead atoms. The highest BCUT2D eigenvalue weighted by molar-refractivity contribution is 5.70. The van der Waals surface area contributed by atoms with E-state index in [1.165, 1.54) is 32.1 Å². The summed E-state index contributed by atoms with van der Waals surface area (Å²) in [5, 5.41) is 40.1. The van der Waals surface area contributed by atoms with Crippen molar-refractivity contribution in [3.63, 3.8) is 0 Å². The maximum absolute atomic E-state index is 12.8. The third-order valence-corrected chi connectivity index (χ3v) is 10.0. The fraction of sp³-hybridized carbons (Fsp3) is 0.680. The van der Waals surface area contributed by atoms with Gasteiger partial charge in [-0.25, -0.2) is 0 Å². The summed E-state index contributed by atoms with van der Waals surface area (Å²) < 4.78 is 22.1. The first-order valence-corrected chi connectivity index (χ1v) is 23.2. The van der Waals surface area contributed by atoms with Gasteiger partial charge in [0.25, 0.3) is 0 Å². The molecule has 0 aliphatic carbocycles. The zero-order valence-corrected chi connectivity index (χ0v) is 37.2. The lowest BCUT2D eigenvalue weighted by atomic mass is 9.99. The van der Waals surface area contributed by atoms with Gasteiger partial charge in [-0.05, 0) is 89.9 Å². The largest absolute Gasteiger partial charge is 0.462 e. The molecule has 0 aromatic heterocycles. The third kappa shape index (κ3) is 30.8. The summed E-state index contributed by atoms with van der Waals surface area (Å²) >= 11 is 0. The summed E-state index contributed by atoms with van der Waals surface area (Å²) in [5.41, 5.74) is 0. The number of hydrogen-bond acceptors (Lipinski definition) is 10. The van der Waals surface area contributed by atoms with E-state index in [9.17, 15) is 30.0 Å². The number of unbranched alkanes of at least 4 members (excludes halogenated alkanes) is 12. The molecule has 0 aromatic carbocycles. The standard InChI is InChI=1S/C50H82O10/c1-3-5-7-9-11-13-15-17-19-21-22-23-25-27-29-31-33-35-37-39-46(53)59-43(42-58-50-49(56)48(55)47(54)44(40-51)60-50)41-57-45(52)38-36-34-32-30-28-26-24-20-18-16-14-12-10-8-6-4-2/h5,7,11,13-14,16-17,19-20,22-24,27,29,43-44,47-51,54-56H,3-4,6,8-10,12,15,18,21,25-26,28,30-42H2,1-2H3/b7-5-,13-11-,16-14-,19-17-,23-22-,24-20-,29-27-. The van der Waals surface area contributed by atoms with Crippen LogP contribution in [0.25, 0.3) is 0 Å². The highest BCUT2D eigenvalue weighted by atomic mass is 16.7. The van der Waals surface area contributed by atoms with E-state index < -0.39 is 55.4 Å². The molecule has 1 rings (SSSR count). The second kappa shape index (κ2) is 40.0. The van der Waals surface area contributed by atoms with Crippen LogP contribution in [0, 0.1) is 0 Å². The number of aliphatic hydroxyl groups is 4. The van der Waals surface area contributed by atoms with Crippen LogP contribution in [0.1, 0.15) is 162 Å². The number of esters is 2. The second-order valence-electron chi connectivity index (χ2n) is 15.5. The Morgan fingerprint density at radius 3 is 1.50 bits per heavy atom. The predicted molar refractivity (Wildman–Crippen MR) is 242 cm³/mol. The zero-order chi connectivity index (χ0) is 43.7. The molecule has 0 aromatic rings. The lowest BCUT2D eigenvalue weighted by Crippen LogP contribution is -2.59. The van der Waals surface area contributed by atoms with Crippen molar-refractivity contribution < 1.29 is 49.0 Å². The van der Waals surface area contributed by atoms with E-state index in [1.54, 1.807) is 0 Å². The van der Waals surface area contributed by atoms with Crippen LogP contribution in [0.4, 0.5) is 0 Å². The molecule has 1 saturated heterocycles. The van der Waals surface area contributed by atoms with Gasteiger partial charge in [0.2, 0.25) is 0 Å². The summed E-state index contributed by atoms with van der Waals surface area (Å²) in [7, 11) is 0. The van der Waals surface area contributed by atoms with Gasteiger partial charge in [-0.3, -0.25) is 9.59 Å². The second-order valence-corrected chi connectivity index (χ2v) is 15.5. The van der Waals surface area contributed by atoms with Crippen LogP contribution in [0.2, 0.25) is 0 Å². The maximum atomic E-state index is 12.8. The van der Waals surface area contributed by atoms with Crippen molar-refractivity contribution in [3.05, 3.63) is 85.1 Å². The van der Waals surface area contributed by atoms with Crippen molar-refractivity contribution in [3.8, 4) is 0 Å². The van der Waals surface area contributed by atoms with Crippen molar-refractivity contribution in [2.24, 2.45) is 0 Å². The SMILES string of the molecule is CC/C=C\C/C=C\C/C=C\C/C=C\C/C=C\CCCCCC(=O)OC(COC(=O)CCCCCCC/C=C\C/C=C\CCCCCC)COC1OC(CO)C(O)C(O)C1O. The molecule has 1 fully saturated rings. The molecule has 6 unspecified atom stereocenters. The molecule has 0 saturated carbocycles. The summed E-state index contributed by atoms with van der Waals surface area (Å²) in [4.78, 5) is 25.4. The zero-order valence-electron chi connectivity index (χ0n) is 37.2. The lowest BCUT2D eigenvalue weighted by molar-refractivity contribution is -0.305. The highest BCUT2D eigenvalue weighted by Gasteiger charge is 2.44. The molecule has 60 heavy (non-hydrogen) atoms. The molecule has 1 heterocycles. The molecular formula is C50H82O10. The van der Waals surface area contributed by atoms with E-state index in [1.807, 2.05) is 0 Å². The first kappa shape index (κ1) is 54.9. The average Bonchev–Trinajstić information content (AvgIpc) is 3.25. The van der Waals surface area contributed by atoms with Gasteiger partial charge < -0.3 is 39.4 Å². The molecule has 0 spiro atoms. The minimum atomic E-state index is -1.61. The van der Waals surface area contributed by atoms with E-state index in [4.69, 9.17) is 18.9 Å². The van der Waals surface area contributed by atoms with Gasteiger partial charge in [-0.1, -0.05) is 144 Å². The Kier molecular flexibility index (Phi) is 36.6. The molecule has 1 aliphatic heterocycles. The first-order valence-electron chi connectivity index (χ1n) is 23.2. The Morgan fingerprint density at radius 2 is 0.983 bits per heavy atom. The number of aliphatic hydroxyl groups excluding tert-OH is 4. The molecular weight excluding hydrogens is 761 g/mol. The molecule has 342 valence electrons. The first-order chi connectivity index (χ1) is 29.3. The fourth-order valence-electron chi connectivity index (χ4n) is 6.36. The van der Waals surface area contributed by atoms with Crippen LogP contribution in [0.15, 0.2) is 85.1 Å². The summed E-state index contributed by atoms with van der Waals surface area (Å²) in [6.45, 7) is 3.23. The number of ether oxygens (including phenoxy) is 4. The van der Waals surface area contributed by atoms with Gasteiger partial charge in [-0.2, -0.15) is 0 Å². The summed E-state index contributed by atoms with van der Waals surface area (Å²) in [6.07, 6.45) is 44.4. The van der Waals surface area contributed by atoms with Crippen molar-refractivity contribution in [1.82, 2.24) is 0 Å². The van der Waals surface area contributed by atoms with E-state index >= 15 is 0 Å². The van der Waals surface area contributed by atoms with Gasteiger partial charge in [0.05, 0.1) is 13.2 Å². The molecule has 4 N–H and O–H groups in total. The Hall–Kier alpha value is -3.12. The topological polar surface area (TPSA) is 152 Å².